The highest BCUT2D eigenvalue weighted by Gasteiger charge is 2.50. The molecule has 1 spiro atoms. The highest BCUT2D eigenvalue weighted by Crippen LogP contribution is 2.41. The van der Waals surface area contributed by atoms with Crippen LogP contribution >= 0.6 is 0 Å². The topological polar surface area (TPSA) is 45.2 Å². The first kappa shape index (κ1) is 20.3. The molecule has 1 unspecified atom stereocenters. The molecular weight excluding hydrogens is 378 g/mol. The number of methoxy groups -OCH3 is 1. The van der Waals surface area contributed by atoms with Crippen molar-refractivity contribution >= 4 is 5.91 Å². The summed E-state index contributed by atoms with van der Waals surface area (Å²) in [5.74, 6) is 1.40. The normalized spacial score (nSPS) is 27.4. The van der Waals surface area contributed by atoms with Gasteiger partial charge in [-0.2, -0.15) is 0 Å². The molecule has 3 fully saturated rings. The summed E-state index contributed by atoms with van der Waals surface area (Å²) in [6.07, 6.45) is 5.61. The van der Waals surface area contributed by atoms with Crippen LogP contribution in [0.4, 0.5) is 0 Å². The molecule has 30 heavy (non-hydrogen) atoms. The lowest BCUT2D eigenvalue weighted by Gasteiger charge is -2.29. The lowest BCUT2D eigenvalue weighted by molar-refractivity contribution is -0.135. The Bertz CT molecular complexity index is 792. The van der Waals surface area contributed by atoms with E-state index in [0.717, 1.165) is 84.2 Å². The van der Waals surface area contributed by atoms with Gasteiger partial charge < -0.3 is 14.4 Å². The molecule has 3 heterocycles. The van der Waals surface area contributed by atoms with Crippen molar-refractivity contribution in [2.45, 2.75) is 38.6 Å². The monoisotopic (exact) mass is 413 g/mol. The van der Waals surface area contributed by atoms with Crippen LogP contribution in [0.1, 0.15) is 36.0 Å². The van der Waals surface area contributed by atoms with E-state index in [9.17, 15) is 4.79 Å². The maximum atomic E-state index is 13.3. The zero-order chi connectivity index (χ0) is 20.6. The summed E-state index contributed by atoms with van der Waals surface area (Å²) >= 11 is 0. The molecule has 3 aliphatic heterocycles. The second-order valence-electron chi connectivity index (χ2n) is 9.52. The molecule has 0 radical (unpaired) electrons. The van der Waals surface area contributed by atoms with Gasteiger partial charge in [-0.3, -0.25) is 14.6 Å². The Morgan fingerprint density at radius 2 is 1.77 bits per heavy atom. The molecule has 4 aliphatic rings. The average Bonchev–Trinajstić information content (AvgIpc) is 3.47. The van der Waals surface area contributed by atoms with E-state index < -0.39 is 0 Å². The molecule has 0 aromatic heterocycles. The van der Waals surface area contributed by atoms with Crippen LogP contribution in [0.25, 0.3) is 0 Å². The van der Waals surface area contributed by atoms with Gasteiger partial charge in [0.2, 0.25) is 5.91 Å². The lowest BCUT2D eigenvalue weighted by Crippen LogP contribution is -2.43. The van der Waals surface area contributed by atoms with E-state index in [0.29, 0.717) is 5.91 Å². The molecular formula is C24H35N3O3. The van der Waals surface area contributed by atoms with Crippen LogP contribution in [-0.2, 0) is 28.9 Å². The summed E-state index contributed by atoms with van der Waals surface area (Å²) in [6, 6.07) is 4.61. The van der Waals surface area contributed by atoms with Gasteiger partial charge in [0.15, 0.2) is 0 Å². The average molecular weight is 414 g/mol. The Morgan fingerprint density at radius 1 is 1.00 bits per heavy atom. The number of ether oxygens (including phenoxy) is 2. The van der Waals surface area contributed by atoms with Crippen molar-refractivity contribution in [1.29, 1.82) is 0 Å². The van der Waals surface area contributed by atoms with Crippen molar-refractivity contribution in [1.82, 2.24) is 14.7 Å². The van der Waals surface area contributed by atoms with E-state index >= 15 is 0 Å². The Kier molecular flexibility index (Phi) is 5.73. The first-order chi connectivity index (χ1) is 14.7. The van der Waals surface area contributed by atoms with Gasteiger partial charge in [0, 0.05) is 51.4 Å². The molecule has 164 valence electrons. The molecule has 1 amide bonds. The molecule has 0 saturated carbocycles. The first-order valence-electron chi connectivity index (χ1n) is 11.7. The number of hydrogen-bond acceptors (Lipinski definition) is 5. The van der Waals surface area contributed by atoms with Gasteiger partial charge in [-0.15, -0.1) is 0 Å². The largest absolute Gasteiger partial charge is 0.496 e. The minimum absolute atomic E-state index is 0.158. The van der Waals surface area contributed by atoms with Crippen LogP contribution in [0.15, 0.2) is 12.1 Å². The Labute approximate surface area is 180 Å². The van der Waals surface area contributed by atoms with E-state index in [1.807, 2.05) is 0 Å². The van der Waals surface area contributed by atoms with Crippen LogP contribution < -0.4 is 4.74 Å². The van der Waals surface area contributed by atoms with Crippen molar-refractivity contribution in [3.8, 4) is 5.75 Å². The highest BCUT2D eigenvalue weighted by molar-refractivity contribution is 5.85. The number of amides is 1. The van der Waals surface area contributed by atoms with Crippen LogP contribution in [0, 0.1) is 5.41 Å². The standard InChI is InChI=1S/C24H35N3O3/c1-29-22-16-20-4-2-3-19(20)15-21(22)17-26-7-5-24(18-26)6-8-27(23(24)28)10-9-25-11-13-30-14-12-25/h15-16H,2-14,17-18H2,1H3. The minimum Gasteiger partial charge on any atom is -0.496 e. The maximum absolute atomic E-state index is 13.3. The molecule has 1 atom stereocenters. The number of rotatable bonds is 6. The smallest absolute Gasteiger partial charge is 0.230 e. The number of likely N-dealkylation sites (tertiary alicyclic amines) is 2. The second kappa shape index (κ2) is 8.48. The van der Waals surface area contributed by atoms with Gasteiger partial charge in [0.1, 0.15) is 5.75 Å². The second-order valence-corrected chi connectivity index (χ2v) is 9.52. The van der Waals surface area contributed by atoms with Gasteiger partial charge in [-0.1, -0.05) is 6.07 Å². The number of carbonyl (C=O) groups excluding carboxylic acids is 1. The zero-order valence-corrected chi connectivity index (χ0v) is 18.3. The van der Waals surface area contributed by atoms with E-state index in [-0.39, 0.29) is 5.41 Å². The fraction of sp³-hybridized carbons (Fsp3) is 0.708. The fourth-order valence-corrected chi connectivity index (χ4v) is 5.87. The summed E-state index contributed by atoms with van der Waals surface area (Å²) in [4.78, 5) is 20.3. The molecule has 5 rings (SSSR count). The molecule has 0 N–H and O–H groups in total. The van der Waals surface area contributed by atoms with Crippen molar-refractivity contribution in [2.75, 3.05) is 66.1 Å². The van der Waals surface area contributed by atoms with Gasteiger partial charge in [-0.25, -0.2) is 0 Å². The van der Waals surface area contributed by atoms with Crippen molar-refractivity contribution in [3.63, 3.8) is 0 Å². The Balaban J connectivity index is 1.20. The van der Waals surface area contributed by atoms with Crippen molar-refractivity contribution in [3.05, 3.63) is 28.8 Å². The van der Waals surface area contributed by atoms with E-state index in [2.05, 4.69) is 26.8 Å². The fourth-order valence-electron chi connectivity index (χ4n) is 5.87. The third kappa shape index (κ3) is 3.85. The van der Waals surface area contributed by atoms with Crippen LogP contribution in [-0.4, -0.2) is 86.7 Å². The van der Waals surface area contributed by atoms with E-state index in [4.69, 9.17) is 9.47 Å². The predicted molar refractivity (Wildman–Crippen MR) is 116 cm³/mol. The van der Waals surface area contributed by atoms with Gasteiger partial charge in [0.05, 0.1) is 25.7 Å². The van der Waals surface area contributed by atoms with E-state index in [1.54, 1.807) is 7.11 Å². The van der Waals surface area contributed by atoms with E-state index in [1.165, 1.54) is 36.0 Å². The first-order valence-corrected chi connectivity index (χ1v) is 11.7. The molecule has 1 aromatic carbocycles. The number of nitrogens with zero attached hydrogens (tertiary/aromatic N) is 3. The summed E-state index contributed by atoms with van der Waals surface area (Å²) in [5.41, 5.74) is 4.07. The van der Waals surface area contributed by atoms with Gasteiger partial charge >= 0.3 is 0 Å². The summed E-state index contributed by atoms with van der Waals surface area (Å²) in [7, 11) is 1.78. The van der Waals surface area contributed by atoms with Crippen LogP contribution in [0.2, 0.25) is 0 Å². The number of morpholine rings is 1. The summed E-state index contributed by atoms with van der Waals surface area (Å²) < 4.78 is 11.1. The number of benzene rings is 1. The highest BCUT2D eigenvalue weighted by atomic mass is 16.5. The van der Waals surface area contributed by atoms with Crippen LogP contribution in [0.3, 0.4) is 0 Å². The molecule has 6 heteroatoms. The zero-order valence-electron chi connectivity index (χ0n) is 18.3. The summed E-state index contributed by atoms with van der Waals surface area (Å²) in [6.45, 7) is 9.15. The molecule has 1 aromatic rings. The third-order valence-electron chi connectivity index (χ3n) is 7.71. The SMILES string of the molecule is COc1cc2c(cc1CN1CCC3(CCN(CCN4CCOCC4)C3=O)C1)CCC2. The Morgan fingerprint density at radius 3 is 2.57 bits per heavy atom. The maximum Gasteiger partial charge on any atom is 0.230 e. The van der Waals surface area contributed by atoms with Gasteiger partial charge in [0.25, 0.3) is 0 Å². The Hall–Kier alpha value is -1.63. The van der Waals surface area contributed by atoms with Crippen molar-refractivity contribution < 1.29 is 14.3 Å². The van der Waals surface area contributed by atoms with Crippen LogP contribution in [0.5, 0.6) is 5.75 Å². The summed E-state index contributed by atoms with van der Waals surface area (Å²) in [5, 5.41) is 0. The van der Waals surface area contributed by atoms with Gasteiger partial charge in [-0.05, 0) is 55.8 Å². The molecule has 1 aliphatic carbocycles. The number of carbonyl (C=O) groups is 1. The number of fused-ring (bicyclic) bond motifs is 1. The lowest BCUT2D eigenvalue weighted by atomic mass is 9.85. The predicted octanol–water partition coefficient (Wildman–Crippen LogP) is 1.94. The number of aryl methyl sites for hydroxylation is 2. The molecule has 6 nitrogen and oxygen atoms in total. The molecule has 3 saturated heterocycles. The number of hydrogen-bond donors (Lipinski definition) is 0. The van der Waals surface area contributed by atoms with Crippen molar-refractivity contribution in [2.24, 2.45) is 5.41 Å². The molecule has 0 bridgehead atoms. The minimum atomic E-state index is -0.158. The third-order valence-corrected chi connectivity index (χ3v) is 7.71. The quantitative estimate of drug-likeness (QED) is 0.713.